The third-order valence-corrected chi connectivity index (χ3v) is 40.9. The molecule has 0 aliphatic heterocycles. The van der Waals surface area contributed by atoms with Crippen molar-refractivity contribution in [1.82, 2.24) is 0 Å². The largest absolute Gasteiger partial charge is 0.545 e. The minimum absolute atomic E-state index is 0.170. The molecule has 11 nitrogen and oxygen atoms in total. The first-order valence-electron chi connectivity index (χ1n) is 42.9. The summed E-state index contributed by atoms with van der Waals surface area (Å²) < 4.78 is 30.3. The van der Waals surface area contributed by atoms with Gasteiger partial charge in [0.2, 0.25) is 0 Å². The van der Waals surface area contributed by atoms with Crippen LogP contribution in [-0.4, -0.2) is 36.8 Å². The van der Waals surface area contributed by atoms with Crippen molar-refractivity contribution in [1.29, 1.82) is 0 Å². The molecule has 1 N–H and O–H groups in total. The highest BCUT2D eigenvalue weighted by atomic mass is 32.2. The number of benzene rings is 18. The zero-order chi connectivity index (χ0) is 92.3. The van der Waals surface area contributed by atoms with E-state index < -0.39 is 79.1 Å². The van der Waals surface area contributed by atoms with Gasteiger partial charge in [0.25, 0.3) is 10.1 Å². The molecule has 0 radical (unpaired) electrons. The maximum Gasteiger partial charge on any atom is 0.295 e. The topological polar surface area (TPSA) is 215 Å². The van der Waals surface area contributed by atoms with Gasteiger partial charge in [-0.3, -0.25) is 4.55 Å². The minimum atomic E-state index is -4.85. The van der Waals surface area contributed by atoms with Crippen LogP contribution in [-0.2, 0) is 34.8 Å². The molecule has 132 heavy (non-hydrogen) atoms. The number of hydrogen-bond acceptors (Lipinski definition) is 10. The summed E-state index contributed by atoms with van der Waals surface area (Å²) in [6.45, 7) is 0. The van der Waals surface area contributed by atoms with Crippen molar-refractivity contribution in [3.8, 4) is 0 Å². The highest BCUT2D eigenvalue weighted by Gasteiger charge is 2.49. The van der Waals surface area contributed by atoms with Crippen molar-refractivity contribution in [2.45, 2.75) is 29.5 Å². The summed E-state index contributed by atoms with van der Waals surface area (Å²) in [5, 5.41) is 58.8. The van der Waals surface area contributed by atoms with Gasteiger partial charge in [0.05, 0.1) is 48.5 Å². The van der Waals surface area contributed by atoms with E-state index in [2.05, 4.69) is 485 Å². The fourth-order valence-corrected chi connectivity index (χ4v) is 34.1. The second-order valence-corrected chi connectivity index (χ2v) is 46.1. The number of carbonyl (C=O) groups excluding carboxylic acids is 4. The Morgan fingerprint density at radius 2 is 0.356 bits per heavy atom. The van der Waals surface area contributed by atoms with Gasteiger partial charge in [-0.05, 0) is 191 Å². The monoisotopic (exact) mass is 1820 g/mol. The van der Waals surface area contributed by atoms with Crippen LogP contribution >= 0.6 is 29.0 Å². The standard InChI is InChI=1S/4C25H22P.C8H6O7S.C8H6O4/c4*1-5-13-22(14-6-1)21-26(23-15-7-2-8-16-23,24-17-9-3-10-18-24)25-19-11-4-12-20-25;9-7(10)4-2-1-3-5(16(13,14)15)6(4)8(11)12;9-7(10)5-2-1-3-6(4-5)8(11)12/h4*1-20H,21H2;1-3H,(H,9,10)(H,11,12)(H,13,14,15);1-4H,(H,9,10)(H,11,12)/q4*+1;;/p-4. The van der Waals surface area contributed by atoms with Gasteiger partial charge in [-0.1, -0.05) is 370 Å². The third-order valence-electron chi connectivity index (χ3n) is 22.5. The van der Waals surface area contributed by atoms with E-state index in [4.69, 9.17) is 4.55 Å². The van der Waals surface area contributed by atoms with E-state index in [9.17, 15) is 48.0 Å². The third kappa shape index (κ3) is 23.9. The van der Waals surface area contributed by atoms with Crippen LogP contribution in [0, 0.1) is 0 Å². The summed E-state index contributed by atoms with van der Waals surface area (Å²) in [7, 11) is -11.9. The van der Waals surface area contributed by atoms with Crippen molar-refractivity contribution < 1.29 is 52.6 Å². The molecule has 18 rings (SSSR count). The Morgan fingerprint density at radius 1 is 0.197 bits per heavy atom. The molecule has 0 atom stereocenters. The van der Waals surface area contributed by atoms with E-state index in [1.807, 2.05) is 0 Å². The van der Waals surface area contributed by atoms with Gasteiger partial charge >= 0.3 is 0 Å². The van der Waals surface area contributed by atoms with Crippen LogP contribution in [0.25, 0.3) is 0 Å². The van der Waals surface area contributed by atoms with Crippen molar-refractivity contribution in [3.63, 3.8) is 0 Å². The molecule has 0 fully saturated rings. The van der Waals surface area contributed by atoms with Gasteiger partial charge in [0.15, 0.2) is 0 Å². The molecule has 0 spiro atoms. The Balaban J connectivity index is 0.000000137. The highest BCUT2D eigenvalue weighted by molar-refractivity contribution is 7.96. The van der Waals surface area contributed by atoms with Gasteiger partial charge in [0.1, 0.15) is 97.6 Å². The zero-order valence-electron chi connectivity index (χ0n) is 72.3. The molecule has 652 valence electrons. The second kappa shape index (κ2) is 47.2. The average Bonchev–Trinajstić information content (AvgIpc) is 0.765. The van der Waals surface area contributed by atoms with Crippen molar-refractivity contribution in [3.05, 3.63) is 572 Å². The predicted molar refractivity (Wildman–Crippen MR) is 541 cm³/mol. The molecule has 0 aliphatic carbocycles. The van der Waals surface area contributed by atoms with Crippen LogP contribution in [0.2, 0.25) is 0 Å². The van der Waals surface area contributed by atoms with Gasteiger partial charge in [-0.15, -0.1) is 0 Å². The van der Waals surface area contributed by atoms with Gasteiger partial charge in [0, 0.05) is 11.1 Å². The molecular formula is C116H96O11P4S. The highest BCUT2D eigenvalue weighted by Crippen LogP contribution is 2.62. The van der Waals surface area contributed by atoms with E-state index in [1.54, 1.807) is 0 Å². The SMILES string of the molecule is O=C([O-])c1cccc(C(=O)[O-])c1.O=C([O-])c1cccc(S(=O)(=O)O)c1C(=O)[O-].c1ccc(C[P+](c2ccccc2)(c2ccccc2)c2ccccc2)cc1.c1ccc(C[P+](c2ccccc2)(c2ccccc2)c2ccccc2)cc1.c1ccc(C[P+](c2ccccc2)(c2ccccc2)c2ccccc2)cc1.c1ccc(C[P+](c2ccccc2)(c2ccccc2)c2ccccc2)cc1. The Hall–Kier alpha value is -14.5. The summed E-state index contributed by atoms with van der Waals surface area (Å²) >= 11 is 0. The van der Waals surface area contributed by atoms with Crippen LogP contribution in [0.1, 0.15) is 63.7 Å². The second-order valence-electron chi connectivity index (χ2n) is 30.7. The number of rotatable bonds is 25. The summed E-state index contributed by atoms with van der Waals surface area (Å²) in [4.78, 5) is 40.6. The van der Waals surface area contributed by atoms with Crippen LogP contribution in [0.15, 0.2) is 533 Å². The molecule has 16 heteroatoms. The maximum atomic E-state index is 10.8. The van der Waals surface area contributed by atoms with Crippen LogP contribution < -0.4 is 84.1 Å². The molecule has 18 aromatic carbocycles. The van der Waals surface area contributed by atoms with E-state index in [0.717, 1.165) is 48.9 Å². The number of hydrogen-bond donors (Lipinski definition) is 1. The summed E-state index contributed by atoms with van der Waals surface area (Å²) in [6.07, 6.45) is 4.13. The number of carboxylic acids is 4. The van der Waals surface area contributed by atoms with E-state index in [1.165, 1.54) is 104 Å². The number of carbonyl (C=O) groups is 4. The van der Waals surface area contributed by atoms with Gasteiger partial charge in [-0.25, -0.2) is 0 Å². The molecular weight excluding hydrogens is 1730 g/mol. The van der Waals surface area contributed by atoms with E-state index in [0.29, 0.717) is 0 Å². The quantitative estimate of drug-likeness (QED) is 0.0419. The molecule has 0 aliphatic rings. The molecule has 0 saturated carbocycles. The first-order valence-corrected chi connectivity index (χ1v) is 52.2. The Labute approximate surface area is 775 Å². The van der Waals surface area contributed by atoms with Crippen molar-refractivity contribution in [2.24, 2.45) is 0 Å². The molecule has 0 heterocycles. The minimum Gasteiger partial charge on any atom is -0.545 e. The lowest BCUT2D eigenvalue weighted by Crippen LogP contribution is -2.32. The summed E-state index contributed by atoms with van der Waals surface area (Å²) in [6, 6.07) is 183. The molecule has 18 aromatic rings. The lowest BCUT2D eigenvalue weighted by molar-refractivity contribution is -0.260. The van der Waals surface area contributed by atoms with Crippen molar-refractivity contribution in [2.75, 3.05) is 0 Å². The van der Waals surface area contributed by atoms with E-state index in [-0.39, 0.29) is 11.1 Å². The first kappa shape index (κ1) is 95.1. The fourth-order valence-electron chi connectivity index (χ4n) is 16.4. The molecule has 0 bridgehead atoms. The van der Waals surface area contributed by atoms with Crippen LogP contribution in [0.5, 0.6) is 0 Å². The predicted octanol–water partition coefficient (Wildman–Crippen LogP) is 16.8. The lowest BCUT2D eigenvalue weighted by atomic mass is 10.1. The fraction of sp³-hybridized carbons (Fsp3) is 0.0345. The smallest absolute Gasteiger partial charge is 0.295 e. The normalized spacial score (nSPS) is 11.0. The molecule has 0 unspecified atom stereocenters. The van der Waals surface area contributed by atoms with Gasteiger partial charge < -0.3 is 39.6 Å². The Kier molecular flexibility index (Phi) is 34.0. The lowest BCUT2D eigenvalue weighted by Gasteiger charge is -2.27. The Morgan fingerprint density at radius 3 is 0.500 bits per heavy atom. The van der Waals surface area contributed by atoms with Gasteiger partial charge in [-0.2, -0.15) is 8.42 Å². The molecule has 0 aromatic heterocycles. The number of aromatic carboxylic acids is 4. The summed E-state index contributed by atoms with van der Waals surface area (Å²) in [5.74, 6) is -6.73. The van der Waals surface area contributed by atoms with Crippen molar-refractivity contribution >= 4 is 127 Å². The first-order chi connectivity index (χ1) is 64.4. The number of carboxylic acid groups (broad SMARTS) is 4. The summed E-state index contributed by atoms with van der Waals surface area (Å²) in [5.41, 5.74) is 3.19. The molecule has 0 amide bonds. The zero-order valence-corrected chi connectivity index (χ0v) is 76.7. The van der Waals surface area contributed by atoms with Crippen LogP contribution in [0.4, 0.5) is 0 Å². The molecule has 0 saturated heterocycles. The van der Waals surface area contributed by atoms with E-state index >= 15 is 0 Å². The Bertz CT molecular complexity index is 5660. The average molecular weight is 1820 g/mol. The van der Waals surface area contributed by atoms with Crippen LogP contribution in [0.3, 0.4) is 0 Å². The maximum absolute atomic E-state index is 10.8.